The van der Waals surface area contributed by atoms with Crippen molar-refractivity contribution in [2.45, 2.75) is 68.8 Å². The summed E-state index contributed by atoms with van der Waals surface area (Å²) in [6.45, 7) is 1.56. The highest BCUT2D eigenvalue weighted by Gasteiger charge is 2.70. The van der Waals surface area contributed by atoms with E-state index in [1.165, 1.54) is 25.1 Å². The molecule has 6 N–H and O–H groups in total. The summed E-state index contributed by atoms with van der Waals surface area (Å²) < 4.78 is 12.2. The number of fused-ring (bicyclic) bond motifs is 3. The summed E-state index contributed by atoms with van der Waals surface area (Å²) in [7, 11) is 2.95. The number of nitrogens with two attached hydrogens (primary N) is 1. The fraction of sp³-hybridized carbons (Fsp3) is 0.533. The van der Waals surface area contributed by atoms with Crippen molar-refractivity contribution in [3.8, 4) is 5.75 Å². The Labute approximate surface area is 242 Å². The fourth-order valence-corrected chi connectivity index (χ4v) is 7.24. The minimum absolute atomic E-state index is 0.0100. The second-order valence-electron chi connectivity index (χ2n) is 11.7. The first-order valence-electron chi connectivity index (χ1n) is 14.1. The zero-order valence-electron chi connectivity index (χ0n) is 23.7. The molecule has 0 bridgehead atoms. The molecule has 2 saturated carbocycles. The van der Waals surface area contributed by atoms with Crippen LogP contribution in [0.3, 0.4) is 0 Å². The molecule has 0 heterocycles. The quantitative estimate of drug-likeness (QED) is 0.229. The van der Waals surface area contributed by atoms with Gasteiger partial charge in [0.1, 0.15) is 28.9 Å². The lowest BCUT2D eigenvalue weighted by molar-refractivity contribution is -0.186. The van der Waals surface area contributed by atoms with Crippen LogP contribution in [0.25, 0.3) is 5.76 Å². The summed E-state index contributed by atoms with van der Waals surface area (Å²) in [4.78, 5) is 54.6. The predicted octanol–water partition coefficient (Wildman–Crippen LogP) is 1.40. The number of likely N-dealkylation sites (N-methyl/N-ethyl adjacent to an activating group) is 1. The summed E-state index contributed by atoms with van der Waals surface area (Å²) in [5.74, 6) is -10.0. The van der Waals surface area contributed by atoms with Gasteiger partial charge in [0.25, 0.3) is 5.91 Å². The monoisotopic (exact) mass is 584 g/mol. The number of carbonyl (C=O) groups excluding carboxylic acids is 4. The van der Waals surface area contributed by atoms with Crippen LogP contribution in [0, 0.1) is 11.8 Å². The summed E-state index contributed by atoms with van der Waals surface area (Å²) in [5, 5.41) is 45.7. The number of carbonyl (C=O) groups is 4. The number of hydrogen-bond acceptors (Lipinski definition) is 11. The second-order valence-corrected chi connectivity index (χ2v) is 11.7. The van der Waals surface area contributed by atoms with Crippen LogP contribution in [0.5, 0.6) is 5.75 Å². The van der Waals surface area contributed by atoms with Crippen LogP contribution in [0.4, 0.5) is 0 Å². The minimum Gasteiger partial charge on any atom is -0.508 e. The number of hydrogen-bond donors (Lipinski definition) is 5. The first-order valence-corrected chi connectivity index (χ1v) is 14.1. The van der Waals surface area contributed by atoms with E-state index in [-0.39, 0.29) is 30.4 Å². The topological polar surface area (TPSA) is 197 Å². The van der Waals surface area contributed by atoms with E-state index in [4.69, 9.17) is 15.2 Å². The molecule has 42 heavy (non-hydrogen) atoms. The number of amides is 1. The second kappa shape index (κ2) is 10.8. The number of ketones is 2. The third kappa shape index (κ3) is 4.31. The van der Waals surface area contributed by atoms with Crippen molar-refractivity contribution in [3.63, 3.8) is 0 Å². The van der Waals surface area contributed by atoms with E-state index in [0.717, 1.165) is 25.7 Å². The van der Waals surface area contributed by atoms with Crippen LogP contribution in [-0.2, 0) is 28.7 Å². The Balaban J connectivity index is 1.80. The number of benzene rings is 1. The van der Waals surface area contributed by atoms with Crippen molar-refractivity contribution in [3.05, 3.63) is 46.2 Å². The lowest BCUT2D eigenvalue weighted by atomic mass is 9.54. The van der Waals surface area contributed by atoms with Gasteiger partial charge in [0.05, 0.1) is 30.2 Å². The van der Waals surface area contributed by atoms with Crippen molar-refractivity contribution in [1.82, 2.24) is 4.90 Å². The van der Waals surface area contributed by atoms with Gasteiger partial charge in [-0.15, -0.1) is 0 Å². The van der Waals surface area contributed by atoms with Crippen LogP contribution in [-0.4, -0.2) is 93.3 Å². The van der Waals surface area contributed by atoms with Gasteiger partial charge < -0.3 is 35.6 Å². The van der Waals surface area contributed by atoms with Crippen molar-refractivity contribution >= 4 is 29.2 Å². The average Bonchev–Trinajstić information content (AvgIpc) is 3.45. The van der Waals surface area contributed by atoms with E-state index in [9.17, 15) is 39.6 Å². The zero-order valence-corrected chi connectivity index (χ0v) is 23.7. The summed E-state index contributed by atoms with van der Waals surface area (Å²) in [6, 6.07) is 3.13. The van der Waals surface area contributed by atoms with Gasteiger partial charge in [-0.2, -0.15) is 0 Å². The number of nitrogens with zero attached hydrogens (tertiary/aromatic N) is 1. The number of primary amides is 1. The van der Waals surface area contributed by atoms with Gasteiger partial charge >= 0.3 is 5.97 Å². The smallest absolute Gasteiger partial charge is 0.305 e. The molecule has 2 fully saturated rings. The van der Waals surface area contributed by atoms with E-state index in [0.29, 0.717) is 5.56 Å². The Morgan fingerprint density at radius 1 is 1.12 bits per heavy atom. The van der Waals surface area contributed by atoms with E-state index >= 15 is 0 Å². The lowest BCUT2D eigenvalue weighted by Gasteiger charge is -2.54. The molecule has 0 aromatic heterocycles. The maximum atomic E-state index is 14.4. The van der Waals surface area contributed by atoms with E-state index < -0.39 is 81.6 Å². The van der Waals surface area contributed by atoms with Crippen LogP contribution in [0.2, 0.25) is 0 Å². The van der Waals surface area contributed by atoms with Gasteiger partial charge in [-0.05, 0) is 38.6 Å². The highest BCUT2D eigenvalue weighted by Crippen LogP contribution is 2.57. The molecule has 1 aromatic carbocycles. The zero-order chi connectivity index (χ0) is 30.7. The van der Waals surface area contributed by atoms with Crippen molar-refractivity contribution in [2.24, 2.45) is 17.6 Å². The Bertz CT molecular complexity index is 1410. The molecule has 12 nitrogen and oxygen atoms in total. The maximum Gasteiger partial charge on any atom is 0.305 e. The molecule has 1 aromatic rings. The molecular formula is C30H36N2O10. The van der Waals surface area contributed by atoms with E-state index in [1.807, 2.05) is 0 Å². The number of Topliss-reactive ketones (excluding diaryl/α,β-unsaturated/α-hetero) is 2. The fourth-order valence-electron chi connectivity index (χ4n) is 7.24. The first kappa shape index (κ1) is 29.7. The number of phenols is 1. The van der Waals surface area contributed by atoms with Gasteiger partial charge in [0.2, 0.25) is 5.78 Å². The Hall–Kier alpha value is -3.74. The number of rotatable bonds is 7. The highest BCUT2D eigenvalue weighted by molar-refractivity contribution is 6.24. The molecule has 4 aliphatic carbocycles. The average molecular weight is 585 g/mol. The Kier molecular flexibility index (Phi) is 7.67. The van der Waals surface area contributed by atoms with E-state index in [2.05, 4.69) is 0 Å². The Morgan fingerprint density at radius 2 is 1.79 bits per heavy atom. The molecular weight excluding hydrogens is 548 g/mol. The lowest BCUT2D eigenvalue weighted by Crippen LogP contribution is -2.71. The molecule has 0 spiro atoms. The molecule has 0 saturated heterocycles. The normalized spacial score (nSPS) is 31.2. The molecule has 12 heteroatoms. The van der Waals surface area contributed by atoms with Gasteiger partial charge in [-0.1, -0.05) is 31.9 Å². The van der Waals surface area contributed by atoms with Gasteiger partial charge in [-0.3, -0.25) is 24.1 Å². The van der Waals surface area contributed by atoms with Crippen molar-refractivity contribution in [2.75, 3.05) is 20.7 Å². The SMILES string of the molecule is CCC(=O)OC1C2C(=C(O)c3c(O)cccc3C2COC2CCCC2)C(=O)C2(O)C(O)=C(C(N)=O)C(=O)C(N(C)C)C12. The van der Waals surface area contributed by atoms with E-state index in [1.54, 1.807) is 19.1 Å². The van der Waals surface area contributed by atoms with Crippen molar-refractivity contribution < 1.29 is 49.1 Å². The van der Waals surface area contributed by atoms with Crippen LogP contribution in [0.15, 0.2) is 35.1 Å². The summed E-state index contributed by atoms with van der Waals surface area (Å²) in [5.41, 5.74) is 1.43. The number of ether oxygens (including phenoxy) is 2. The summed E-state index contributed by atoms with van der Waals surface area (Å²) >= 11 is 0. The molecule has 4 aliphatic rings. The molecule has 1 amide bonds. The van der Waals surface area contributed by atoms with Crippen LogP contribution < -0.4 is 5.73 Å². The third-order valence-electron chi connectivity index (χ3n) is 9.14. The van der Waals surface area contributed by atoms with Crippen LogP contribution >= 0.6 is 0 Å². The van der Waals surface area contributed by atoms with Crippen molar-refractivity contribution in [1.29, 1.82) is 0 Å². The van der Waals surface area contributed by atoms with Gasteiger partial charge in [0.15, 0.2) is 11.4 Å². The van der Waals surface area contributed by atoms with Gasteiger partial charge in [-0.25, -0.2) is 0 Å². The molecule has 226 valence electrons. The highest BCUT2D eigenvalue weighted by atomic mass is 16.5. The number of esters is 1. The number of phenolic OH excluding ortho intramolecular Hbond substituents is 1. The molecule has 5 rings (SSSR count). The Morgan fingerprint density at radius 3 is 2.38 bits per heavy atom. The van der Waals surface area contributed by atoms with Gasteiger partial charge in [0, 0.05) is 23.8 Å². The molecule has 0 radical (unpaired) electrons. The molecule has 6 atom stereocenters. The third-order valence-corrected chi connectivity index (χ3v) is 9.14. The summed E-state index contributed by atoms with van der Waals surface area (Å²) in [6.07, 6.45) is 2.04. The maximum absolute atomic E-state index is 14.4. The molecule has 0 aliphatic heterocycles. The largest absolute Gasteiger partial charge is 0.508 e. The number of aromatic hydroxyl groups is 1. The molecule has 6 unspecified atom stereocenters. The predicted molar refractivity (Wildman–Crippen MR) is 147 cm³/mol. The number of aliphatic hydroxyl groups excluding tert-OH is 2. The minimum atomic E-state index is -2.98. The number of aliphatic hydroxyl groups is 3. The van der Waals surface area contributed by atoms with Crippen LogP contribution in [0.1, 0.15) is 56.1 Å². The first-order chi connectivity index (χ1) is 19.9. The standard InChI is InChI=1S/C30H36N2O10/c1-4-17(34)42-26-19-15(12-41-13-8-5-6-9-13)14-10-7-11-16(33)18(14)24(35)20(19)27(37)30(40)22(26)23(32(2)3)25(36)21(28(30)38)29(31)39/h7,10-11,13,15,19,22-23,26,33,35,38,40H,4-6,8-9,12H2,1-3H3,(H2,31,39).